The highest BCUT2D eigenvalue weighted by Crippen LogP contribution is 1.96. The van der Waals surface area contributed by atoms with Gasteiger partial charge in [-0.2, -0.15) is 0 Å². The van der Waals surface area contributed by atoms with E-state index < -0.39 is 0 Å². The maximum atomic E-state index is 5.14. The van der Waals surface area contributed by atoms with Crippen LogP contribution in [0.2, 0.25) is 0 Å². The Balaban J connectivity index is 2.11. The van der Waals surface area contributed by atoms with E-state index in [9.17, 15) is 0 Å². The van der Waals surface area contributed by atoms with Gasteiger partial charge in [-0.25, -0.2) is 0 Å². The van der Waals surface area contributed by atoms with Crippen molar-refractivity contribution >= 4 is 17.3 Å². The molecule has 0 bridgehead atoms. The molecule has 0 atom stereocenters. The fraction of sp³-hybridized carbons (Fsp3) is 0.417. The average molecular weight is 238 g/mol. The molecule has 0 radical (unpaired) electrons. The number of methoxy groups -OCH3 is 1. The third kappa shape index (κ3) is 5.68. The van der Waals surface area contributed by atoms with Gasteiger partial charge in [-0.3, -0.25) is 0 Å². The van der Waals surface area contributed by atoms with Crippen LogP contribution in [0.15, 0.2) is 30.3 Å². The van der Waals surface area contributed by atoms with Crippen molar-refractivity contribution in [1.82, 2.24) is 10.6 Å². The summed E-state index contributed by atoms with van der Waals surface area (Å²) < 4.78 is 4.95. The molecule has 0 aliphatic rings. The van der Waals surface area contributed by atoms with Crippen LogP contribution in [0.3, 0.4) is 0 Å². The Hall–Kier alpha value is -1.13. The minimum absolute atomic E-state index is 0.694. The quantitative estimate of drug-likeness (QED) is 0.583. The van der Waals surface area contributed by atoms with Crippen LogP contribution in [0.5, 0.6) is 0 Å². The van der Waals surface area contributed by atoms with Gasteiger partial charge in [0, 0.05) is 26.8 Å². The summed E-state index contributed by atoms with van der Waals surface area (Å²) in [4.78, 5) is 0. The predicted octanol–water partition coefficient (Wildman–Crippen LogP) is 1.69. The predicted molar refractivity (Wildman–Crippen MR) is 70.4 cm³/mol. The number of nitrogens with one attached hydrogen (secondary N) is 2. The Morgan fingerprint density at radius 3 is 2.69 bits per heavy atom. The molecule has 16 heavy (non-hydrogen) atoms. The van der Waals surface area contributed by atoms with Crippen LogP contribution in [0.4, 0.5) is 0 Å². The Morgan fingerprint density at radius 2 is 2.00 bits per heavy atom. The number of hydrogen-bond donors (Lipinski definition) is 2. The number of benzene rings is 1. The molecular formula is C12H18N2OS. The SMILES string of the molecule is COCCCNC(=S)NCc1ccccc1. The highest BCUT2D eigenvalue weighted by atomic mass is 32.1. The first-order valence-corrected chi connectivity index (χ1v) is 5.78. The van der Waals surface area contributed by atoms with E-state index in [0.29, 0.717) is 5.11 Å². The van der Waals surface area contributed by atoms with Crippen LogP contribution < -0.4 is 10.6 Å². The third-order valence-corrected chi connectivity index (χ3v) is 2.40. The van der Waals surface area contributed by atoms with Gasteiger partial charge in [0.25, 0.3) is 0 Å². The molecule has 0 saturated carbocycles. The van der Waals surface area contributed by atoms with Gasteiger partial charge in [-0.1, -0.05) is 30.3 Å². The molecule has 0 aliphatic carbocycles. The van der Waals surface area contributed by atoms with E-state index in [1.807, 2.05) is 18.2 Å². The lowest BCUT2D eigenvalue weighted by atomic mass is 10.2. The molecular weight excluding hydrogens is 220 g/mol. The van der Waals surface area contributed by atoms with E-state index in [1.165, 1.54) is 5.56 Å². The van der Waals surface area contributed by atoms with Crippen LogP contribution in [0, 0.1) is 0 Å². The Morgan fingerprint density at radius 1 is 1.25 bits per heavy atom. The maximum absolute atomic E-state index is 5.14. The standard InChI is InChI=1S/C12H18N2OS/c1-15-9-5-8-13-12(16)14-10-11-6-3-2-4-7-11/h2-4,6-7H,5,8-10H2,1H3,(H2,13,14,16). The molecule has 0 saturated heterocycles. The summed E-state index contributed by atoms with van der Waals surface area (Å²) in [6.45, 7) is 2.36. The molecule has 0 fully saturated rings. The molecule has 1 aromatic carbocycles. The lowest BCUT2D eigenvalue weighted by Gasteiger charge is -2.10. The van der Waals surface area contributed by atoms with Crippen molar-refractivity contribution < 1.29 is 4.74 Å². The monoisotopic (exact) mass is 238 g/mol. The number of thiocarbonyl (C=S) groups is 1. The van der Waals surface area contributed by atoms with E-state index in [-0.39, 0.29) is 0 Å². The Kier molecular flexibility index (Phi) is 6.53. The fourth-order valence-electron chi connectivity index (χ4n) is 1.26. The van der Waals surface area contributed by atoms with Gasteiger partial charge in [0.1, 0.15) is 0 Å². The smallest absolute Gasteiger partial charge is 0.166 e. The lowest BCUT2D eigenvalue weighted by molar-refractivity contribution is 0.195. The summed E-state index contributed by atoms with van der Waals surface area (Å²) in [7, 11) is 1.70. The summed E-state index contributed by atoms with van der Waals surface area (Å²) in [5, 5.41) is 6.98. The van der Waals surface area contributed by atoms with Crippen molar-refractivity contribution in [3.63, 3.8) is 0 Å². The first-order chi connectivity index (χ1) is 7.83. The zero-order valence-electron chi connectivity index (χ0n) is 9.53. The normalized spacial score (nSPS) is 9.81. The summed E-state index contributed by atoms with van der Waals surface area (Å²) in [6, 6.07) is 10.2. The highest BCUT2D eigenvalue weighted by molar-refractivity contribution is 7.80. The molecule has 4 heteroatoms. The van der Waals surface area contributed by atoms with Gasteiger partial charge in [0.2, 0.25) is 0 Å². The zero-order valence-corrected chi connectivity index (χ0v) is 10.3. The summed E-state index contributed by atoms with van der Waals surface area (Å²) in [5.41, 5.74) is 1.23. The van der Waals surface area contributed by atoms with Gasteiger partial charge in [0.15, 0.2) is 5.11 Å². The van der Waals surface area contributed by atoms with Crippen LogP contribution >= 0.6 is 12.2 Å². The lowest BCUT2D eigenvalue weighted by Crippen LogP contribution is -2.35. The van der Waals surface area contributed by atoms with Crippen LogP contribution in [-0.4, -0.2) is 25.4 Å². The Bertz CT molecular complexity index is 303. The number of ether oxygens (including phenoxy) is 1. The van der Waals surface area contributed by atoms with E-state index in [1.54, 1.807) is 7.11 Å². The average Bonchev–Trinajstić information content (AvgIpc) is 2.33. The first kappa shape index (κ1) is 12.9. The van der Waals surface area contributed by atoms with Crippen molar-refractivity contribution in [2.75, 3.05) is 20.3 Å². The summed E-state index contributed by atoms with van der Waals surface area (Å²) in [5.74, 6) is 0. The van der Waals surface area contributed by atoms with Crippen molar-refractivity contribution in [2.24, 2.45) is 0 Å². The minimum Gasteiger partial charge on any atom is -0.385 e. The molecule has 3 nitrogen and oxygen atoms in total. The van der Waals surface area contributed by atoms with Crippen molar-refractivity contribution in [3.8, 4) is 0 Å². The largest absolute Gasteiger partial charge is 0.385 e. The third-order valence-electron chi connectivity index (χ3n) is 2.11. The van der Waals surface area contributed by atoms with Gasteiger partial charge >= 0.3 is 0 Å². The summed E-state index contributed by atoms with van der Waals surface area (Å²) in [6.07, 6.45) is 0.962. The van der Waals surface area contributed by atoms with Crippen molar-refractivity contribution in [2.45, 2.75) is 13.0 Å². The van der Waals surface area contributed by atoms with Crippen molar-refractivity contribution in [1.29, 1.82) is 0 Å². The first-order valence-electron chi connectivity index (χ1n) is 5.37. The van der Waals surface area contributed by atoms with E-state index in [2.05, 4.69) is 22.8 Å². The van der Waals surface area contributed by atoms with E-state index in [4.69, 9.17) is 17.0 Å². The van der Waals surface area contributed by atoms with Gasteiger partial charge in [-0.05, 0) is 24.2 Å². The number of rotatable bonds is 6. The molecule has 1 aromatic rings. The highest BCUT2D eigenvalue weighted by Gasteiger charge is 1.95. The molecule has 0 amide bonds. The van der Waals surface area contributed by atoms with E-state index in [0.717, 1.165) is 26.1 Å². The zero-order chi connectivity index (χ0) is 11.6. The second-order valence-electron chi connectivity index (χ2n) is 3.44. The summed E-state index contributed by atoms with van der Waals surface area (Å²) >= 11 is 5.14. The second-order valence-corrected chi connectivity index (χ2v) is 3.85. The Labute approximate surface area is 102 Å². The van der Waals surface area contributed by atoms with Gasteiger partial charge < -0.3 is 15.4 Å². The maximum Gasteiger partial charge on any atom is 0.166 e. The minimum atomic E-state index is 0.694. The molecule has 0 aliphatic heterocycles. The fourth-order valence-corrected chi connectivity index (χ4v) is 1.43. The second kappa shape index (κ2) is 8.07. The van der Waals surface area contributed by atoms with Crippen LogP contribution in [0.25, 0.3) is 0 Å². The topological polar surface area (TPSA) is 33.3 Å². The molecule has 0 aromatic heterocycles. The van der Waals surface area contributed by atoms with Gasteiger partial charge in [-0.15, -0.1) is 0 Å². The molecule has 0 heterocycles. The molecule has 0 spiro atoms. The van der Waals surface area contributed by atoms with Crippen LogP contribution in [0.1, 0.15) is 12.0 Å². The number of hydrogen-bond acceptors (Lipinski definition) is 2. The van der Waals surface area contributed by atoms with Crippen molar-refractivity contribution in [3.05, 3.63) is 35.9 Å². The molecule has 88 valence electrons. The van der Waals surface area contributed by atoms with Gasteiger partial charge in [0.05, 0.1) is 0 Å². The van der Waals surface area contributed by atoms with Crippen LogP contribution in [-0.2, 0) is 11.3 Å². The molecule has 1 rings (SSSR count). The van der Waals surface area contributed by atoms with E-state index >= 15 is 0 Å². The molecule has 0 unspecified atom stereocenters. The molecule has 2 N–H and O–H groups in total.